The van der Waals surface area contributed by atoms with Gasteiger partial charge in [0.1, 0.15) is 6.54 Å². The van der Waals surface area contributed by atoms with Crippen molar-refractivity contribution >= 4 is 16.6 Å². The van der Waals surface area contributed by atoms with E-state index >= 15 is 0 Å². The lowest BCUT2D eigenvalue weighted by atomic mass is 10.2. The van der Waals surface area contributed by atoms with E-state index in [2.05, 4.69) is 15.2 Å². The van der Waals surface area contributed by atoms with Crippen molar-refractivity contribution in [2.75, 3.05) is 21.3 Å². The van der Waals surface area contributed by atoms with E-state index in [0.29, 0.717) is 22.8 Å². The molecule has 2 aromatic heterocycles. The maximum atomic E-state index is 12.7. The zero-order chi connectivity index (χ0) is 22.8. The van der Waals surface area contributed by atoms with E-state index in [1.807, 2.05) is 0 Å². The minimum atomic E-state index is -0.546. The fraction of sp³-hybridized carbons (Fsp3) is 0.200. The molecule has 4 aromatic rings. The lowest BCUT2D eigenvalue weighted by molar-refractivity contribution is -0.384. The third kappa shape index (κ3) is 3.69. The van der Waals surface area contributed by atoms with Gasteiger partial charge in [-0.15, -0.1) is 10.2 Å². The summed E-state index contributed by atoms with van der Waals surface area (Å²) in [6.45, 7) is -0.0316. The normalized spacial score (nSPS) is 10.8. The molecule has 0 aliphatic rings. The third-order valence-electron chi connectivity index (χ3n) is 4.70. The lowest BCUT2D eigenvalue weighted by Gasteiger charge is -2.12. The highest BCUT2D eigenvalue weighted by molar-refractivity contribution is 5.79. The van der Waals surface area contributed by atoms with Crippen LogP contribution in [0.1, 0.15) is 5.89 Å². The van der Waals surface area contributed by atoms with Crippen molar-refractivity contribution in [3.05, 3.63) is 63.0 Å². The number of nitro groups is 1. The van der Waals surface area contributed by atoms with Crippen molar-refractivity contribution < 1.29 is 23.6 Å². The van der Waals surface area contributed by atoms with Crippen LogP contribution in [0.15, 0.2) is 45.9 Å². The highest BCUT2D eigenvalue weighted by atomic mass is 16.6. The number of ether oxygens (including phenoxy) is 3. The first kappa shape index (κ1) is 20.8. The number of hydrogen-bond donors (Lipinski definition) is 0. The number of rotatable bonds is 7. The Balaban J connectivity index is 1.66. The van der Waals surface area contributed by atoms with Crippen molar-refractivity contribution in [3.63, 3.8) is 0 Å². The fourth-order valence-corrected chi connectivity index (χ4v) is 3.16. The number of nitrogens with zero attached hydrogens (tertiary/aromatic N) is 5. The second-order valence-electron chi connectivity index (χ2n) is 6.55. The molecule has 0 atom stereocenters. The van der Waals surface area contributed by atoms with Crippen molar-refractivity contribution in [2.45, 2.75) is 6.54 Å². The molecule has 0 bridgehead atoms. The minimum absolute atomic E-state index is 0.0316. The second-order valence-corrected chi connectivity index (χ2v) is 6.55. The Hall–Kier alpha value is -4.48. The van der Waals surface area contributed by atoms with E-state index in [1.54, 1.807) is 12.1 Å². The van der Waals surface area contributed by atoms with E-state index in [-0.39, 0.29) is 34.9 Å². The number of hydrogen-bond acceptors (Lipinski definition) is 10. The van der Waals surface area contributed by atoms with Gasteiger partial charge in [-0.25, -0.2) is 4.98 Å². The predicted octanol–water partition coefficient (Wildman–Crippen LogP) is 2.43. The summed E-state index contributed by atoms with van der Waals surface area (Å²) in [5.74, 6) is 1.62. The molecule has 0 spiro atoms. The monoisotopic (exact) mass is 439 g/mol. The molecule has 0 aliphatic carbocycles. The largest absolute Gasteiger partial charge is 0.493 e. The van der Waals surface area contributed by atoms with Gasteiger partial charge < -0.3 is 18.6 Å². The van der Waals surface area contributed by atoms with Crippen LogP contribution in [0.3, 0.4) is 0 Å². The Labute approximate surface area is 180 Å². The SMILES string of the molecule is COc1cc(-c2nnc(Cn3cnc4cc([N+](=O)[O-])ccc4c3=O)o2)cc(OC)c1OC. The number of nitro benzene ring substituents is 1. The highest BCUT2D eigenvalue weighted by Crippen LogP contribution is 2.40. The number of non-ortho nitro benzene ring substituents is 1. The molecule has 2 heterocycles. The molecule has 0 N–H and O–H groups in total. The van der Waals surface area contributed by atoms with Crippen molar-refractivity contribution in [1.29, 1.82) is 0 Å². The van der Waals surface area contributed by atoms with Crippen LogP contribution in [0, 0.1) is 10.1 Å². The van der Waals surface area contributed by atoms with Crippen LogP contribution in [0.25, 0.3) is 22.4 Å². The summed E-state index contributed by atoms with van der Waals surface area (Å²) in [6, 6.07) is 7.19. The molecule has 12 nitrogen and oxygen atoms in total. The molecule has 164 valence electrons. The fourth-order valence-electron chi connectivity index (χ4n) is 3.16. The summed E-state index contributed by atoms with van der Waals surface area (Å²) >= 11 is 0. The molecule has 0 unspecified atom stereocenters. The summed E-state index contributed by atoms with van der Waals surface area (Å²) in [7, 11) is 4.49. The molecule has 0 fully saturated rings. The van der Waals surface area contributed by atoms with Gasteiger partial charge in [0, 0.05) is 17.7 Å². The van der Waals surface area contributed by atoms with Crippen LogP contribution in [-0.4, -0.2) is 46.0 Å². The molecule has 0 radical (unpaired) electrons. The highest BCUT2D eigenvalue weighted by Gasteiger charge is 2.18. The molecule has 0 aliphatic heterocycles. The molecule has 2 aromatic carbocycles. The lowest BCUT2D eigenvalue weighted by Crippen LogP contribution is -2.21. The van der Waals surface area contributed by atoms with Gasteiger partial charge in [-0.3, -0.25) is 19.5 Å². The van der Waals surface area contributed by atoms with Gasteiger partial charge in [-0.05, 0) is 18.2 Å². The maximum absolute atomic E-state index is 12.7. The van der Waals surface area contributed by atoms with E-state index in [0.717, 1.165) is 0 Å². The summed E-state index contributed by atoms with van der Waals surface area (Å²) in [5, 5.41) is 19.2. The predicted molar refractivity (Wildman–Crippen MR) is 111 cm³/mol. The number of benzene rings is 2. The van der Waals surface area contributed by atoms with Crippen LogP contribution in [0.2, 0.25) is 0 Å². The average Bonchev–Trinajstić information content (AvgIpc) is 3.28. The van der Waals surface area contributed by atoms with Crippen molar-refractivity contribution in [1.82, 2.24) is 19.7 Å². The van der Waals surface area contributed by atoms with Crippen molar-refractivity contribution in [2.24, 2.45) is 0 Å². The van der Waals surface area contributed by atoms with Crippen LogP contribution in [0.5, 0.6) is 17.2 Å². The Morgan fingerprint density at radius 1 is 1.06 bits per heavy atom. The molecular formula is C20H17N5O7. The molecule has 32 heavy (non-hydrogen) atoms. The van der Waals surface area contributed by atoms with Crippen LogP contribution >= 0.6 is 0 Å². The first-order chi connectivity index (χ1) is 15.4. The molecule has 0 amide bonds. The van der Waals surface area contributed by atoms with Gasteiger partial charge >= 0.3 is 0 Å². The summed E-state index contributed by atoms with van der Waals surface area (Å²) in [6.07, 6.45) is 1.28. The van der Waals surface area contributed by atoms with E-state index in [9.17, 15) is 14.9 Å². The van der Waals surface area contributed by atoms with Gasteiger partial charge in [0.15, 0.2) is 11.5 Å². The molecule has 0 saturated carbocycles. The molecule has 4 rings (SSSR count). The van der Waals surface area contributed by atoms with Crippen LogP contribution in [-0.2, 0) is 6.54 Å². The van der Waals surface area contributed by atoms with Crippen LogP contribution in [0.4, 0.5) is 5.69 Å². The van der Waals surface area contributed by atoms with E-state index in [4.69, 9.17) is 18.6 Å². The summed E-state index contributed by atoms with van der Waals surface area (Å²) in [4.78, 5) is 27.2. The Morgan fingerprint density at radius 2 is 1.78 bits per heavy atom. The average molecular weight is 439 g/mol. The van der Waals surface area contributed by atoms with E-state index in [1.165, 1.54) is 50.4 Å². The first-order valence-corrected chi connectivity index (χ1v) is 9.21. The smallest absolute Gasteiger partial charge is 0.271 e. The Bertz CT molecular complexity index is 1350. The topological polar surface area (TPSA) is 145 Å². The second kappa shape index (κ2) is 8.34. The zero-order valence-corrected chi connectivity index (χ0v) is 17.3. The van der Waals surface area contributed by atoms with Gasteiger partial charge in [-0.2, -0.15) is 0 Å². The maximum Gasteiger partial charge on any atom is 0.271 e. The number of methoxy groups -OCH3 is 3. The quantitative estimate of drug-likeness (QED) is 0.311. The Kier molecular flexibility index (Phi) is 5.41. The number of fused-ring (bicyclic) bond motifs is 1. The van der Waals surface area contributed by atoms with Gasteiger partial charge in [-0.1, -0.05) is 0 Å². The van der Waals surface area contributed by atoms with Crippen LogP contribution < -0.4 is 19.8 Å². The van der Waals surface area contributed by atoms with Gasteiger partial charge in [0.2, 0.25) is 17.5 Å². The van der Waals surface area contributed by atoms with E-state index < -0.39 is 10.5 Å². The third-order valence-corrected chi connectivity index (χ3v) is 4.70. The van der Waals surface area contributed by atoms with Crippen molar-refractivity contribution in [3.8, 4) is 28.7 Å². The Morgan fingerprint density at radius 3 is 2.41 bits per heavy atom. The standard InChI is InChI=1S/C20H17N5O7/c1-29-15-6-11(7-16(30-2)18(15)31-3)19-23-22-17(32-19)9-24-10-21-14-8-12(25(27)28)4-5-13(14)20(24)26/h4-8,10H,9H2,1-3H3. The zero-order valence-electron chi connectivity index (χ0n) is 17.3. The molecular weight excluding hydrogens is 422 g/mol. The number of aromatic nitrogens is 4. The minimum Gasteiger partial charge on any atom is -0.493 e. The van der Waals surface area contributed by atoms with Gasteiger partial charge in [0.05, 0.1) is 43.5 Å². The molecule has 12 heteroatoms. The van der Waals surface area contributed by atoms with Gasteiger partial charge in [0.25, 0.3) is 11.2 Å². The molecule has 0 saturated heterocycles. The summed E-state index contributed by atoms with van der Waals surface area (Å²) in [5.41, 5.74) is 0.227. The summed E-state index contributed by atoms with van der Waals surface area (Å²) < 4.78 is 23.0. The first-order valence-electron chi connectivity index (χ1n) is 9.21.